The molecule has 1 atom stereocenters. The van der Waals surface area contributed by atoms with Crippen molar-refractivity contribution >= 4 is 33.2 Å². The molecule has 1 aromatic heterocycles. The maximum absolute atomic E-state index is 12.6. The summed E-state index contributed by atoms with van der Waals surface area (Å²) < 4.78 is 2.55. The van der Waals surface area contributed by atoms with Gasteiger partial charge in [-0.1, -0.05) is 47.6 Å². The first-order valence-corrected chi connectivity index (χ1v) is 8.88. The van der Waals surface area contributed by atoms with Gasteiger partial charge in [0.1, 0.15) is 5.71 Å². The van der Waals surface area contributed by atoms with E-state index in [1.54, 1.807) is 10.9 Å². The first kappa shape index (κ1) is 16.5. The summed E-state index contributed by atoms with van der Waals surface area (Å²) in [6.07, 6.45) is 3.73. The predicted octanol–water partition coefficient (Wildman–Crippen LogP) is 4.09. The second-order valence-corrected chi connectivity index (χ2v) is 6.74. The van der Waals surface area contributed by atoms with Crippen LogP contribution in [0.25, 0.3) is 5.69 Å². The second-order valence-electron chi connectivity index (χ2n) is 5.82. The summed E-state index contributed by atoms with van der Waals surface area (Å²) in [5.41, 5.74) is 2.79. The van der Waals surface area contributed by atoms with E-state index in [0.717, 1.165) is 15.7 Å². The molecule has 0 bridgehead atoms. The van der Waals surface area contributed by atoms with Gasteiger partial charge in [0.05, 0.1) is 22.0 Å². The van der Waals surface area contributed by atoms with Gasteiger partial charge in [0.25, 0.3) is 5.91 Å². The molecule has 1 unspecified atom stereocenters. The zero-order valence-electron chi connectivity index (χ0n) is 13.7. The monoisotopic (exact) mass is 410 g/mol. The molecule has 6 nitrogen and oxygen atoms in total. The molecule has 1 N–H and O–H groups in total. The summed E-state index contributed by atoms with van der Waals surface area (Å²) in [6.45, 7) is 0. The Morgan fingerprint density at radius 2 is 1.92 bits per heavy atom. The van der Waals surface area contributed by atoms with Gasteiger partial charge in [-0.15, -0.1) is 0 Å². The second kappa shape index (κ2) is 7.13. The van der Waals surface area contributed by atoms with E-state index in [4.69, 9.17) is 4.84 Å². The van der Waals surface area contributed by atoms with Crippen molar-refractivity contribution in [3.8, 4) is 5.69 Å². The van der Waals surface area contributed by atoms with Crippen LogP contribution in [0.5, 0.6) is 0 Å². The third kappa shape index (κ3) is 3.39. The molecule has 0 radical (unpaired) electrons. The Bertz CT molecular complexity index is 968. The normalized spacial score (nSPS) is 16.0. The van der Waals surface area contributed by atoms with E-state index in [1.807, 2.05) is 60.8 Å². The third-order valence-electron chi connectivity index (χ3n) is 4.05. The summed E-state index contributed by atoms with van der Waals surface area (Å²) in [5, 5.41) is 11.1. The Labute approximate surface area is 158 Å². The number of nitrogens with zero attached hydrogens (tertiary/aromatic N) is 3. The molecule has 130 valence electrons. The van der Waals surface area contributed by atoms with Crippen LogP contribution in [-0.2, 0) is 9.63 Å². The van der Waals surface area contributed by atoms with Crippen LogP contribution in [0.4, 0.5) is 5.69 Å². The molecule has 2 heterocycles. The zero-order chi connectivity index (χ0) is 17.9. The minimum absolute atomic E-state index is 0.228. The van der Waals surface area contributed by atoms with Gasteiger partial charge in [-0.3, -0.25) is 4.79 Å². The number of anilines is 1. The number of benzene rings is 2. The van der Waals surface area contributed by atoms with Crippen molar-refractivity contribution in [1.29, 1.82) is 0 Å². The Balaban J connectivity index is 1.50. The number of oxime groups is 1. The minimum Gasteiger partial charge on any atom is -0.387 e. The fourth-order valence-electron chi connectivity index (χ4n) is 2.76. The third-order valence-corrected chi connectivity index (χ3v) is 4.46. The van der Waals surface area contributed by atoms with E-state index in [-0.39, 0.29) is 12.0 Å². The molecule has 2 aromatic carbocycles. The molecule has 1 aliphatic heterocycles. The van der Waals surface area contributed by atoms with Crippen LogP contribution in [0.3, 0.4) is 0 Å². The largest absolute Gasteiger partial charge is 0.387 e. The first-order valence-electron chi connectivity index (χ1n) is 8.09. The lowest BCUT2D eigenvalue weighted by atomic mass is 10.0. The van der Waals surface area contributed by atoms with Crippen LogP contribution >= 0.6 is 15.9 Å². The van der Waals surface area contributed by atoms with Gasteiger partial charge in [-0.25, -0.2) is 4.68 Å². The lowest BCUT2D eigenvalue weighted by Gasteiger charge is -2.11. The lowest BCUT2D eigenvalue weighted by molar-refractivity contribution is -0.110. The molecule has 1 amide bonds. The summed E-state index contributed by atoms with van der Waals surface area (Å²) >= 11 is 3.38. The first-order chi connectivity index (χ1) is 12.7. The number of aromatic nitrogens is 2. The van der Waals surface area contributed by atoms with Gasteiger partial charge in [0, 0.05) is 12.6 Å². The van der Waals surface area contributed by atoms with Crippen molar-refractivity contribution in [2.45, 2.75) is 12.5 Å². The topological polar surface area (TPSA) is 68.5 Å². The predicted molar refractivity (Wildman–Crippen MR) is 102 cm³/mol. The molecule has 0 saturated carbocycles. The highest BCUT2D eigenvalue weighted by atomic mass is 79.9. The van der Waals surface area contributed by atoms with Crippen molar-refractivity contribution in [2.24, 2.45) is 5.16 Å². The molecular formula is C19H15BrN4O2. The summed E-state index contributed by atoms with van der Waals surface area (Å²) in [6, 6.07) is 17.2. The van der Waals surface area contributed by atoms with Crippen LogP contribution < -0.4 is 5.32 Å². The highest BCUT2D eigenvalue weighted by Crippen LogP contribution is 2.28. The highest BCUT2D eigenvalue weighted by molar-refractivity contribution is 9.10. The molecule has 0 spiro atoms. The van der Waals surface area contributed by atoms with Crippen LogP contribution in [-0.4, -0.2) is 21.4 Å². The number of nitrogens with one attached hydrogen (secondary N) is 1. The van der Waals surface area contributed by atoms with Gasteiger partial charge >= 0.3 is 0 Å². The van der Waals surface area contributed by atoms with E-state index in [2.05, 4.69) is 31.5 Å². The molecule has 4 rings (SSSR count). The van der Waals surface area contributed by atoms with Gasteiger partial charge in [-0.05, 0) is 33.6 Å². The fraction of sp³-hybridized carbons (Fsp3) is 0.105. The van der Waals surface area contributed by atoms with Crippen LogP contribution in [0.1, 0.15) is 18.1 Å². The zero-order valence-corrected chi connectivity index (χ0v) is 15.3. The highest BCUT2D eigenvalue weighted by Gasteiger charge is 2.27. The quantitative estimate of drug-likeness (QED) is 0.703. The van der Waals surface area contributed by atoms with Crippen molar-refractivity contribution in [3.05, 3.63) is 77.0 Å². The number of carbonyl (C=O) groups is 1. The van der Waals surface area contributed by atoms with Gasteiger partial charge < -0.3 is 10.2 Å². The van der Waals surface area contributed by atoms with Crippen molar-refractivity contribution in [1.82, 2.24) is 9.78 Å². The maximum atomic E-state index is 12.6. The maximum Gasteiger partial charge on any atom is 0.273 e. The molecule has 7 heteroatoms. The molecule has 1 aliphatic rings. The minimum atomic E-state index is -0.276. The molecule has 0 fully saturated rings. The summed E-state index contributed by atoms with van der Waals surface area (Å²) in [5.74, 6) is -0.276. The van der Waals surface area contributed by atoms with E-state index in [9.17, 15) is 4.79 Å². The SMILES string of the molecule is O=C(Nc1ccccc1-n1cc(Br)cn1)C1=NOC(c2ccccc2)C1. The Hall–Kier alpha value is -2.93. The molecule has 0 aliphatic carbocycles. The van der Waals surface area contributed by atoms with E-state index in [0.29, 0.717) is 17.8 Å². The van der Waals surface area contributed by atoms with Gasteiger partial charge in [0.15, 0.2) is 6.10 Å². The number of hydrogen-bond acceptors (Lipinski definition) is 4. The Morgan fingerprint density at radius 3 is 2.69 bits per heavy atom. The number of rotatable bonds is 4. The van der Waals surface area contributed by atoms with Gasteiger partial charge in [0.2, 0.25) is 0 Å². The van der Waals surface area contributed by atoms with Crippen LogP contribution in [0.2, 0.25) is 0 Å². The average Bonchev–Trinajstić information content (AvgIpc) is 3.32. The average molecular weight is 411 g/mol. The van der Waals surface area contributed by atoms with Crippen LogP contribution in [0, 0.1) is 0 Å². The van der Waals surface area contributed by atoms with Crippen molar-refractivity contribution in [2.75, 3.05) is 5.32 Å². The number of para-hydroxylation sites is 2. The number of amides is 1. The number of halogens is 1. The Kier molecular flexibility index (Phi) is 4.53. The summed E-state index contributed by atoms with van der Waals surface area (Å²) in [7, 11) is 0. The number of carbonyl (C=O) groups excluding carboxylic acids is 1. The van der Waals surface area contributed by atoms with Crippen molar-refractivity contribution in [3.63, 3.8) is 0 Å². The van der Waals surface area contributed by atoms with Gasteiger partial charge in [-0.2, -0.15) is 5.10 Å². The van der Waals surface area contributed by atoms with Crippen molar-refractivity contribution < 1.29 is 9.63 Å². The molecule has 26 heavy (non-hydrogen) atoms. The van der Waals surface area contributed by atoms with Crippen LogP contribution in [0.15, 0.2) is 76.6 Å². The van der Waals surface area contributed by atoms with E-state index in [1.165, 1.54) is 0 Å². The summed E-state index contributed by atoms with van der Waals surface area (Å²) in [4.78, 5) is 18.1. The lowest BCUT2D eigenvalue weighted by Crippen LogP contribution is -2.22. The van der Waals surface area contributed by atoms with E-state index < -0.39 is 0 Å². The smallest absolute Gasteiger partial charge is 0.273 e. The van der Waals surface area contributed by atoms with E-state index >= 15 is 0 Å². The standard InChI is InChI=1S/C19H15BrN4O2/c20-14-11-21-24(12-14)17-9-5-4-8-15(17)22-19(25)16-10-18(26-23-16)13-6-2-1-3-7-13/h1-9,11-12,18H,10H2,(H,22,25). The number of hydrogen-bond donors (Lipinski definition) is 1. The molecule has 0 saturated heterocycles. The molecule has 3 aromatic rings. The molecular weight excluding hydrogens is 396 g/mol. The fourth-order valence-corrected chi connectivity index (χ4v) is 3.05. The Morgan fingerprint density at radius 1 is 1.15 bits per heavy atom.